The van der Waals surface area contributed by atoms with Crippen molar-refractivity contribution in [1.29, 1.82) is 0 Å². The summed E-state index contributed by atoms with van der Waals surface area (Å²) >= 11 is 0. The smallest absolute Gasteiger partial charge is 0.142 e. The van der Waals surface area contributed by atoms with Crippen molar-refractivity contribution >= 4 is 10.9 Å². The fraction of sp³-hybridized carbons (Fsp3) is 0.273. The molecule has 84 valence electrons. The molecule has 0 aliphatic carbocycles. The second-order valence-corrected chi connectivity index (χ2v) is 3.51. The molecule has 5 heteroatoms. The average Bonchev–Trinajstić information content (AvgIpc) is 2.36. The van der Waals surface area contributed by atoms with Gasteiger partial charge in [0.15, 0.2) is 0 Å². The van der Waals surface area contributed by atoms with E-state index in [0.29, 0.717) is 25.5 Å². The molecule has 1 aromatic heterocycles. The minimum atomic E-state index is 0.315. The van der Waals surface area contributed by atoms with Crippen molar-refractivity contribution in [3.63, 3.8) is 0 Å². The van der Waals surface area contributed by atoms with E-state index >= 15 is 0 Å². The first-order chi connectivity index (χ1) is 7.80. The minimum Gasteiger partial charge on any atom is -0.326 e. The van der Waals surface area contributed by atoms with E-state index in [0.717, 1.165) is 22.2 Å². The third kappa shape index (κ3) is 1.76. The zero-order valence-corrected chi connectivity index (χ0v) is 8.98. The molecule has 1 aromatic carbocycles. The fourth-order valence-electron chi connectivity index (χ4n) is 1.80. The normalized spacial score (nSPS) is 10.9. The maximum atomic E-state index is 5.69. The van der Waals surface area contributed by atoms with Crippen molar-refractivity contribution in [3.05, 3.63) is 35.3 Å². The number of nitrogens with zero attached hydrogens (tertiary/aromatic N) is 2. The van der Waals surface area contributed by atoms with Gasteiger partial charge in [0.25, 0.3) is 0 Å². The lowest BCUT2D eigenvalue weighted by Crippen LogP contribution is -2.11. The molecule has 6 N–H and O–H groups in total. The van der Waals surface area contributed by atoms with Gasteiger partial charge < -0.3 is 17.2 Å². The van der Waals surface area contributed by atoms with E-state index in [1.54, 1.807) is 0 Å². The quantitative estimate of drug-likeness (QED) is 0.671. The summed E-state index contributed by atoms with van der Waals surface area (Å²) in [6, 6.07) is 5.82. The molecule has 0 aliphatic rings. The van der Waals surface area contributed by atoms with Crippen LogP contribution in [0.2, 0.25) is 0 Å². The van der Waals surface area contributed by atoms with Crippen LogP contribution >= 0.6 is 0 Å². The van der Waals surface area contributed by atoms with Crippen LogP contribution < -0.4 is 17.2 Å². The Kier molecular flexibility index (Phi) is 3.09. The summed E-state index contributed by atoms with van der Waals surface area (Å²) in [6.07, 6.45) is 0. The lowest BCUT2D eigenvalue weighted by atomic mass is 10.1. The largest absolute Gasteiger partial charge is 0.326 e. The molecule has 2 aromatic rings. The van der Waals surface area contributed by atoms with Crippen molar-refractivity contribution in [1.82, 2.24) is 9.97 Å². The molecule has 0 radical (unpaired) electrons. The topological polar surface area (TPSA) is 104 Å². The summed E-state index contributed by atoms with van der Waals surface area (Å²) in [6.45, 7) is 1.13. The van der Waals surface area contributed by atoms with E-state index in [1.807, 2.05) is 18.2 Å². The second kappa shape index (κ2) is 4.52. The van der Waals surface area contributed by atoms with Gasteiger partial charge in [0.2, 0.25) is 0 Å². The van der Waals surface area contributed by atoms with Crippen LogP contribution in [0.15, 0.2) is 18.2 Å². The van der Waals surface area contributed by atoms with Crippen molar-refractivity contribution in [2.45, 2.75) is 19.6 Å². The number of rotatable bonds is 3. The van der Waals surface area contributed by atoms with Gasteiger partial charge in [0.1, 0.15) is 5.82 Å². The Hall–Kier alpha value is -1.56. The number of benzene rings is 1. The van der Waals surface area contributed by atoms with Gasteiger partial charge in [-0.1, -0.05) is 12.1 Å². The summed E-state index contributed by atoms with van der Waals surface area (Å²) in [5.74, 6) is 0.613. The van der Waals surface area contributed by atoms with Crippen molar-refractivity contribution < 1.29 is 0 Å². The molecule has 0 spiro atoms. The molecule has 0 atom stereocenters. The standard InChI is InChI=1S/C11H15N5/c12-4-7-2-1-3-8-11(7)9(5-13)16-10(6-14)15-8/h1-3H,4-6,12-14H2. The molecule has 0 fully saturated rings. The Bertz CT molecular complexity index is 509. The molecule has 0 amide bonds. The first-order valence-electron chi connectivity index (χ1n) is 5.17. The second-order valence-electron chi connectivity index (χ2n) is 3.51. The summed E-state index contributed by atoms with van der Waals surface area (Å²) in [5.41, 5.74) is 19.6. The predicted octanol–water partition coefficient (Wildman–Crippen LogP) is 0.00590. The molecule has 0 saturated heterocycles. The highest BCUT2D eigenvalue weighted by Crippen LogP contribution is 2.20. The molecule has 1 heterocycles. The molecular formula is C11H15N5. The number of hydrogen-bond acceptors (Lipinski definition) is 5. The van der Waals surface area contributed by atoms with Gasteiger partial charge in [0, 0.05) is 18.5 Å². The number of fused-ring (bicyclic) bond motifs is 1. The van der Waals surface area contributed by atoms with E-state index < -0.39 is 0 Å². The number of nitrogens with two attached hydrogens (primary N) is 3. The molecule has 2 rings (SSSR count). The highest BCUT2D eigenvalue weighted by atomic mass is 14.9. The minimum absolute atomic E-state index is 0.315. The van der Waals surface area contributed by atoms with Gasteiger partial charge >= 0.3 is 0 Å². The zero-order valence-electron chi connectivity index (χ0n) is 8.98. The summed E-state index contributed by atoms with van der Waals surface area (Å²) in [7, 11) is 0. The Morgan fingerprint density at radius 2 is 1.75 bits per heavy atom. The highest BCUT2D eigenvalue weighted by Gasteiger charge is 2.08. The van der Waals surface area contributed by atoms with E-state index in [-0.39, 0.29) is 0 Å². The Morgan fingerprint density at radius 1 is 0.938 bits per heavy atom. The van der Waals surface area contributed by atoms with Crippen LogP contribution in [0.25, 0.3) is 10.9 Å². The van der Waals surface area contributed by atoms with Crippen molar-refractivity contribution in [2.75, 3.05) is 0 Å². The van der Waals surface area contributed by atoms with Gasteiger partial charge in [-0.05, 0) is 11.6 Å². The Labute approximate surface area is 93.7 Å². The fourth-order valence-corrected chi connectivity index (χ4v) is 1.80. The summed E-state index contributed by atoms with van der Waals surface area (Å²) < 4.78 is 0. The van der Waals surface area contributed by atoms with Crippen LogP contribution in [0.5, 0.6) is 0 Å². The van der Waals surface area contributed by atoms with Crippen LogP contribution in [0, 0.1) is 0 Å². The molecule has 0 aliphatic heterocycles. The first-order valence-corrected chi connectivity index (χ1v) is 5.17. The lowest BCUT2D eigenvalue weighted by molar-refractivity contribution is 0.877. The van der Waals surface area contributed by atoms with Crippen LogP contribution in [-0.4, -0.2) is 9.97 Å². The van der Waals surface area contributed by atoms with Gasteiger partial charge in [-0.15, -0.1) is 0 Å². The van der Waals surface area contributed by atoms with Crippen molar-refractivity contribution in [2.24, 2.45) is 17.2 Å². The van der Waals surface area contributed by atoms with Crippen LogP contribution in [0.1, 0.15) is 17.1 Å². The summed E-state index contributed by atoms with van der Waals surface area (Å²) in [4.78, 5) is 8.69. The molecule has 16 heavy (non-hydrogen) atoms. The lowest BCUT2D eigenvalue weighted by Gasteiger charge is -2.09. The Morgan fingerprint density at radius 3 is 2.38 bits per heavy atom. The zero-order chi connectivity index (χ0) is 11.5. The first kappa shape index (κ1) is 10.9. The SMILES string of the molecule is NCc1nc(CN)c2c(CN)cccc2n1. The van der Waals surface area contributed by atoms with Crippen molar-refractivity contribution in [3.8, 4) is 0 Å². The van der Waals surface area contributed by atoms with E-state index in [4.69, 9.17) is 17.2 Å². The number of aromatic nitrogens is 2. The summed E-state index contributed by atoms with van der Waals surface area (Å²) in [5, 5.41) is 0.963. The molecular weight excluding hydrogens is 202 g/mol. The third-order valence-corrected chi connectivity index (χ3v) is 2.53. The molecule has 0 saturated carbocycles. The molecule has 0 bridgehead atoms. The average molecular weight is 217 g/mol. The third-order valence-electron chi connectivity index (χ3n) is 2.53. The van der Waals surface area contributed by atoms with Crippen LogP contribution in [0.3, 0.4) is 0 Å². The van der Waals surface area contributed by atoms with Crippen LogP contribution in [-0.2, 0) is 19.6 Å². The van der Waals surface area contributed by atoms with E-state index in [1.165, 1.54) is 0 Å². The molecule has 0 unspecified atom stereocenters. The highest BCUT2D eigenvalue weighted by molar-refractivity contribution is 5.84. The Balaban J connectivity index is 2.78. The number of hydrogen-bond donors (Lipinski definition) is 3. The van der Waals surface area contributed by atoms with Gasteiger partial charge in [-0.3, -0.25) is 0 Å². The maximum Gasteiger partial charge on any atom is 0.142 e. The monoisotopic (exact) mass is 217 g/mol. The maximum absolute atomic E-state index is 5.69. The van der Waals surface area contributed by atoms with E-state index in [9.17, 15) is 0 Å². The van der Waals surface area contributed by atoms with Gasteiger partial charge in [0.05, 0.1) is 17.8 Å². The van der Waals surface area contributed by atoms with Gasteiger partial charge in [-0.25, -0.2) is 9.97 Å². The van der Waals surface area contributed by atoms with E-state index in [2.05, 4.69) is 9.97 Å². The molecule has 5 nitrogen and oxygen atoms in total. The van der Waals surface area contributed by atoms with Gasteiger partial charge in [-0.2, -0.15) is 0 Å². The van der Waals surface area contributed by atoms with Crippen LogP contribution in [0.4, 0.5) is 0 Å². The predicted molar refractivity (Wildman–Crippen MR) is 63.2 cm³/mol.